The fourth-order valence-electron chi connectivity index (χ4n) is 0. The maximum Gasteiger partial charge on any atom is 1.00 e. The van der Waals surface area contributed by atoms with E-state index in [2.05, 4.69) is 4.74 Å². The van der Waals surface area contributed by atoms with Gasteiger partial charge in [-0.3, -0.25) is 4.79 Å². The van der Waals surface area contributed by atoms with Crippen molar-refractivity contribution < 1.29 is 59.7 Å². The van der Waals surface area contributed by atoms with Crippen molar-refractivity contribution in [1.82, 2.24) is 0 Å². The Labute approximate surface area is 82.3 Å². The third-order valence-electron chi connectivity index (χ3n) is 0.0962. The molecule has 0 aliphatic carbocycles. The van der Waals surface area contributed by atoms with Crippen molar-refractivity contribution >= 4 is 15.5 Å². The molecule has 0 amide bonds. The van der Waals surface area contributed by atoms with Gasteiger partial charge in [0.15, 0.2) is 0 Å². The van der Waals surface area contributed by atoms with E-state index < -0.39 is 9.05 Å². The molecule has 0 fully saturated rings. The minimum Gasteiger partial charge on any atom is -1.00 e. The molecule has 8 heteroatoms. The molecule has 10 heavy (non-hydrogen) atoms. The molecule has 0 aliphatic rings. The van der Waals surface area contributed by atoms with Gasteiger partial charge in [0, 0.05) is 0 Å². The predicted octanol–water partition coefficient (Wildman–Crippen LogP) is -5.70. The van der Waals surface area contributed by atoms with E-state index >= 15 is 0 Å². The zero-order chi connectivity index (χ0) is 7.91. The van der Waals surface area contributed by atoms with Crippen molar-refractivity contribution in [3.05, 3.63) is 0 Å². The monoisotopic (exact) mass is 180 g/mol. The summed E-state index contributed by atoms with van der Waals surface area (Å²) in [5.41, 5.74) is 0. The van der Waals surface area contributed by atoms with Crippen LogP contribution >= 0.6 is 0 Å². The summed E-state index contributed by atoms with van der Waals surface area (Å²) in [6, 6.07) is 0. The quantitative estimate of drug-likeness (QED) is 0.237. The Morgan fingerprint density at radius 1 is 1.40 bits per heavy atom. The van der Waals surface area contributed by atoms with Gasteiger partial charge in [0.1, 0.15) is 0 Å². The van der Waals surface area contributed by atoms with Crippen LogP contribution in [-0.4, -0.2) is 41.8 Å². The molecule has 0 aromatic heterocycles. The third-order valence-corrected chi connectivity index (χ3v) is 0.0962. The molecule has 6 nitrogen and oxygen atoms in total. The van der Waals surface area contributed by atoms with Crippen LogP contribution in [0.5, 0.6) is 0 Å². The Morgan fingerprint density at radius 3 is 1.50 bits per heavy atom. The van der Waals surface area contributed by atoms with E-state index in [1.54, 1.807) is 0 Å². The molecule has 4 N–H and O–H groups in total. The van der Waals surface area contributed by atoms with E-state index in [-0.39, 0.29) is 31.0 Å². The van der Waals surface area contributed by atoms with Crippen molar-refractivity contribution in [2.24, 2.45) is 0 Å². The van der Waals surface area contributed by atoms with Crippen molar-refractivity contribution in [3.8, 4) is 0 Å². The molecule has 0 heterocycles. The molecule has 0 radical (unpaired) electrons. The average Bonchev–Trinajstić information content (AvgIpc) is 1.61. The van der Waals surface area contributed by atoms with Gasteiger partial charge in [-0.15, -0.1) is 0 Å². The Kier molecular flexibility index (Phi) is 16.1. The molecule has 0 aromatic rings. The summed E-state index contributed by atoms with van der Waals surface area (Å²) < 4.78 is 3.86. The molecule has 0 unspecified atom stereocenters. The van der Waals surface area contributed by atoms with Crippen LogP contribution in [0.2, 0.25) is 0 Å². The number of carbonyl (C=O) groups excluding carboxylic acids is 1. The van der Waals surface area contributed by atoms with Crippen LogP contribution in [-0.2, 0) is 9.53 Å². The summed E-state index contributed by atoms with van der Waals surface area (Å²) in [4.78, 5) is 38.3. The second-order valence-electron chi connectivity index (χ2n) is 0.932. The van der Waals surface area contributed by atoms with Gasteiger partial charge in [-0.2, -0.15) is 0 Å². The molecule has 0 aliphatic heterocycles. The minimum absolute atomic E-state index is 0. The van der Waals surface area contributed by atoms with Gasteiger partial charge in [0.2, 0.25) is 0 Å². The molecule has 0 saturated carbocycles. The predicted molar refractivity (Wildman–Crippen MR) is 28.8 cm³/mol. The average molecular weight is 180 g/mol. The van der Waals surface area contributed by atoms with Crippen LogP contribution in [0.25, 0.3) is 0 Å². The summed E-state index contributed by atoms with van der Waals surface area (Å²) in [6.45, 7) is 0.375. The summed E-state index contributed by atoms with van der Waals surface area (Å²) in [6.07, 6.45) is 0. The van der Waals surface area contributed by atoms with Crippen LogP contribution in [0.15, 0.2) is 0 Å². The SMILES string of the molecule is COC=O.O[Si](O)(O)O.[H-].[Na+]. The Morgan fingerprint density at radius 2 is 1.50 bits per heavy atom. The van der Waals surface area contributed by atoms with Gasteiger partial charge in [0.25, 0.3) is 6.47 Å². The minimum atomic E-state index is -4.61. The van der Waals surface area contributed by atoms with Crippen molar-refractivity contribution in [2.75, 3.05) is 7.11 Å². The first-order valence-corrected chi connectivity index (χ1v) is 3.56. The van der Waals surface area contributed by atoms with Crippen LogP contribution in [0.4, 0.5) is 0 Å². The van der Waals surface area contributed by atoms with Crippen molar-refractivity contribution in [3.63, 3.8) is 0 Å². The Balaban J connectivity index is -0.0000000383. The molecular formula is C2H9NaO6Si. The van der Waals surface area contributed by atoms with E-state index in [0.717, 1.165) is 0 Å². The molecule has 58 valence electrons. The van der Waals surface area contributed by atoms with Crippen LogP contribution in [0, 0.1) is 0 Å². The standard InChI is InChI=1S/C2H4O2.Na.H4O4Si.H/c1-4-2-3;;1-5(2,3)4;/h2H,1H3;;1-4H;/q;+1;;-1. The fraction of sp³-hybridized carbons (Fsp3) is 0.500. The smallest absolute Gasteiger partial charge is 1.00 e. The van der Waals surface area contributed by atoms with Gasteiger partial charge in [-0.25, -0.2) is 0 Å². The number of hydrogen-bond acceptors (Lipinski definition) is 6. The van der Waals surface area contributed by atoms with Crippen molar-refractivity contribution in [1.29, 1.82) is 0 Å². The molecule has 0 saturated heterocycles. The maximum absolute atomic E-state index is 8.95. The number of hydrogen-bond donors (Lipinski definition) is 4. The summed E-state index contributed by atoms with van der Waals surface area (Å²) >= 11 is 0. The van der Waals surface area contributed by atoms with E-state index in [9.17, 15) is 0 Å². The van der Waals surface area contributed by atoms with Gasteiger partial charge in [-0.1, -0.05) is 0 Å². The number of ether oxygens (including phenoxy) is 1. The second-order valence-corrected chi connectivity index (χ2v) is 2.13. The van der Waals surface area contributed by atoms with Gasteiger partial charge < -0.3 is 25.3 Å². The Hall–Kier alpha value is 0.527. The first-order valence-electron chi connectivity index (χ1n) is 1.77. The van der Waals surface area contributed by atoms with E-state index in [0.29, 0.717) is 6.47 Å². The van der Waals surface area contributed by atoms with E-state index in [4.69, 9.17) is 24.0 Å². The summed E-state index contributed by atoms with van der Waals surface area (Å²) in [5.74, 6) is 0. The zero-order valence-electron chi connectivity index (χ0n) is 6.68. The molecule has 0 rings (SSSR count). The number of methoxy groups -OCH3 is 1. The molecule has 0 spiro atoms. The second kappa shape index (κ2) is 9.53. The largest absolute Gasteiger partial charge is 1.00 e. The number of carbonyl (C=O) groups is 1. The molecule has 0 aromatic carbocycles. The van der Waals surface area contributed by atoms with Crippen LogP contribution in [0.3, 0.4) is 0 Å². The molecular weight excluding hydrogens is 171 g/mol. The van der Waals surface area contributed by atoms with Gasteiger partial charge in [0.05, 0.1) is 7.11 Å². The third kappa shape index (κ3) is 207. The topological polar surface area (TPSA) is 107 Å². The maximum atomic E-state index is 8.95. The summed E-state index contributed by atoms with van der Waals surface area (Å²) in [5, 5.41) is 0. The first kappa shape index (κ1) is 16.9. The van der Waals surface area contributed by atoms with E-state index in [1.165, 1.54) is 7.11 Å². The van der Waals surface area contributed by atoms with E-state index in [1.807, 2.05) is 0 Å². The van der Waals surface area contributed by atoms with Gasteiger partial charge >= 0.3 is 38.6 Å². The van der Waals surface area contributed by atoms with Crippen LogP contribution < -0.4 is 29.6 Å². The Bertz CT molecular complexity index is 69.5. The normalized spacial score (nSPS) is 8.10. The van der Waals surface area contributed by atoms with Gasteiger partial charge in [-0.05, 0) is 0 Å². The zero-order valence-corrected chi connectivity index (χ0v) is 8.68. The van der Waals surface area contributed by atoms with Crippen molar-refractivity contribution in [2.45, 2.75) is 0 Å². The molecule has 0 bridgehead atoms. The van der Waals surface area contributed by atoms with Crippen LogP contribution in [0.1, 0.15) is 1.43 Å². The molecule has 0 atom stereocenters. The summed E-state index contributed by atoms with van der Waals surface area (Å²) in [7, 11) is -3.30. The first-order chi connectivity index (χ1) is 3.91. The number of rotatable bonds is 1. The fourth-order valence-corrected chi connectivity index (χ4v) is 0.